The van der Waals surface area contributed by atoms with Crippen molar-refractivity contribution in [2.24, 2.45) is 5.10 Å². The predicted octanol–water partition coefficient (Wildman–Crippen LogP) is 4.73. The summed E-state index contributed by atoms with van der Waals surface area (Å²) in [6.07, 6.45) is 2.20. The zero-order valence-corrected chi connectivity index (χ0v) is 16.3. The average Bonchev–Trinajstić information content (AvgIpc) is 2.95. The van der Waals surface area contributed by atoms with Crippen LogP contribution in [0.2, 0.25) is 0 Å². The van der Waals surface area contributed by atoms with Gasteiger partial charge >= 0.3 is 0 Å². The molecular formula is C20H21FN4OS. The van der Waals surface area contributed by atoms with Crippen molar-refractivity contribution in [3.63, 3.8) is 0 Å². The van der Waals surface area contributed by atoms with Crippen LogP contribution in [0.15, 0.2) is 53.6 Å². The highest BCUT2D eigenvalue weighted by molar-refractivity contribution is 7.71. The van der Waals surface area contributed by atoms with E-state index in [1.54, 1.807) is 23.0 Å². The van der Waals surface area contributed by atoms with Crippen LogP contribution in [0.4, 0.5) is 4.39 Å². The van der Waals surface area contributed by atoms with Crippen LogP contribution in [0, 0.1) is 10.6 Å². The molecule has 2 aromatic carbocycles. The van der Waals surface area contributed by atoms with Crippen molar-refractivity contribution >= 4 is 18.4 Å². The van der Waals surface area contributed by atoms with E-state index in [0.29, 0.717) is 17.0 Å². The first-order valence-electron chi connectivity index (χ1n) is 8.54. The molecule has 1 N–H and O–H groups in total. The maximum atomic E-state index is 13.1. The van der Waals surface area contributed by atoms with Gasteiger partial charge in [-0.15, -0.1) is 0 Å². The molecule has 0 saturated carbocycles. The minimum absolute atomic E-state index is 0.241. The van der Waals surface area contributed by atoms with Gasteiger partial charge in [0, 0.05) is 6.42 Å². The van der Waals surface area contributed by atoms with Crippen LogP contribution in [0.3, 0.4) is 0 Å². The number of hydrogen-bond acceptors (Lipinski definition) is 4. The molecule has 0 saturated heterocycles. The van der Waals surface area contributed by atoms with Crippen molar-refractivity contribution in [3.05, 3.63) is 76.1 Å². The van der Waals surface area contributed by atoms with Crippen LogP contribution < -0.4 is 4.74 Å². The zero-order valence-electron chi connectivity index (χ0n) is 15.4. The first kappa shape index (κ1) is 19.0. The molecule has 0 aliphatic rings. The Labute approximate surface area is 162 Å². The summed E-state index contributed by atoms with van der Waals surface area (Å²) in [5, 5.41) is 11.4. The van der Waals surface area contributed by atoms with E-state index in [2.05, 4.69) is 15.3 Å². The second kappa shape index (κ2) is 7.84. The number of ether oxygens (including phenoxy) is 1. The molecule has 0 unspecified atom stereocenters. The first-order valence-corrected chi connectivity index (χ1v) is 8.95. The molecule has 0 spiro atoms. The Morgan fingerprint density at radius 2 is 1.81 bits per heavy atom. The zero-order chi connectivity index (χ0) is 19.4. The number of aromatic amines is 1. The third kappa shape index (κ3) is 5.34. The lowest BCUT2D eigenvalue weighted by Gasteiger charge is -2.21. The van der Waals surface area contributed by atoms with Gasteiger partial charge in [0.2, 0.25) is 4.77 Å². The highest BCUT2D eigenvalue weighted by Crippen LogP contribution is 2.18. The highest BCUT2D eigenvalue weighted by atomic mass is 32.1. The third-order valence-electron chi connectivity index (χ3n) is 3.62. The van der Waals surface area contributed by atoms with E-state index in [9.17, 15) is 4.39 Å². The van der Waals surface area contributed by atoms with Gasteiger partial charge in [-0.1, -0.05) is 12.1 Å². The monoisotopic (exact) mass is 384 g/mol. The number of H-pyrrole nitrogens is 1. The normalized spacial score (nSPS) is 11.9. The van der Waals surface area contributed by atoms with Crippen LogP contribution in [0.25, 0.3) is 0 Å². The Balaban J connectivity index is 1.76. The van der Waals surface area contributed by atoms with Crippen molar-refractivity contribution in [2.45, 2.75) is 32.8 Å². The molecule has 5 nitrogen and oxygen atoms in total. The molecule has 27 heavy (non-hydrogen) atoms. The van der Waals surface area contributed by atoms with E-state index in [4.69, 9.17) is 17.0 Å². The number of hydrogen-bond donors (Lipinski definition) is 1. The number of nitrogens with zero attached hydrogens (tertiary/aromatic N) is 3. The van der Waals surface area contributed by atoms with Gasteiger partial charge in [-0.05, 0) is 80.5 Å². The van der Waals surface area contributed by atoms with Gasteiger partial charge in [0.15, 0.2) is 5.82 Å². The van der Waals surface area contributed by atoms with Gasteiger partial charge in [-0.3, -0.25) is 5.10 Å². The van der Waals surface area contributed by atoms with E-state index in [0.717, 1.165) is 16.9 Å². The number of nitrogens with one attached hydrogen (secondary N) is 1. The van der Waals surface area contributed by atoms with Gasteiger partial charge in [-0.2, -0.15) is 14.9 Å². The number of rotatable bonds is 5. The standard InChI is InChI=1S/C20H21FN4OS/c1-20(2,3)26-17-10-6-15(7-11-17)13-22-25-18(23-24-19(25)27)12-14-4-8-16(21)9-5-14/h4-11,13H,12H2,1-3H3,(H,24,27)/b22-13-. The third-order valence-corrected chi connectivity index (χ3v) is 3.88. The lowest BCUT2D eigenvalue weighted by molar-refractivity contribution is 0.131. The molecule has 0 radical (unpaired) electrons. The SMILES string of the molecule is CC(C)(C)Oc1ccc(/C=N\n2c(Cc3ccc(F)cc3)n[nH]c2=S)cc1. The van der Waals surface area contributed by atoms with E-state index in [1.807, 2.05) is 45.0 Å². The summed E-state index contributed by atoms with van der Waals surface area (Å²) >= 11 is 5.26. The van der Waals surface area contributed by atoms with E-state index in [1.165, 1.54) is 12.1 Å². The topological polar surface area (TPSA) is 55.2 Å². The van der Waals surface area contributed by atoms with Crippen LogP contribution >= 0.6 is 12.2 Å². The minimum Gasteiger partial charge on any atom is -0.488 e. The fourth-order valence-electron chi connectivity index (χ4n) is 2.44. The number of aromatic nitrogens is 3. The Morgan fingerprint density at radius 1 is 1.15 bits per heavy atom. The Hall–Kier alpha value is -2.80. The summed E-state index contributed by atoms with van der Waals surface area (Å²) in [4.78, 5) is 0. The molecule has 7 heteroatoms. The van der Waals surface area contributed by atoms with Crippen LogP contribution in [-0.4, -0.2) is 26.7 Å². The smallest absolute Gasteiger partial charge is 0.216 e. The molecule has 1 heterocycles. The van der Waals surface area contributed by atoms with Gasteiger partial charge in [0.25, 0.3) is 0 Å². The maximum Gasteiger partial charge on any atom is 0.216 e. The molecule has 1 aromatic heterocycles. The van der Waals surface area contributed by atoms with Crippen molar-refractivity contribution in [1.29, 1.82) is 0 Å². The Kier molecular flexibility index (Phi) is 5.51. The second-order valence-corrected chi connectivity index (χ2v) is 7.47. The molecular weight excluding hydrogens is 363 g/mol. The van der Waals surface area contributed by atoms with Crippen molar-refractivity contribution in [1.82, 2.24) is 14.9 Å². The van der Waals surface area contributed by atoms with Crippen molar-refractivity contribution < 1.29 is 9.13 Å². The average molecular weight is 384 g/mol. The molecule has 140 valence electrons. The summed E-state index contributed by atoms with van der Waals surface area (Å²) in [6, 6.07) is 13.9. The van der Waals surface area contributed by atoms with Crippen LogP contribution in [0.5, 0.6) is 5.75 Å². The van der Waals surface area contributed by atoms with Gasteiger partial charge < -0.3 is 4.74 Å². The first-order chi connectivity index (χ1) is 12.8. The number of benzene rings is 2. The maximum absolute atomic E-state index is 13.1. The highest BCUT2D eigenvalue weighted by Gasteiger charge is 2.11. The summed E-state index contributed by atoms with van der Waals surface area (Å²) in [6.45, 7) is 6.02. The molecule has 0 aliphatic carbocycles. The van der Waals surface area contributed by atoms with E-state index >= 15 is 0 Å². The van der Waals surface area contributed by atoms with Gasteiger partial charge in [0.05, 0.1) is 6.21 Å². The molecule has 0 atom stereocenters. The predicted molar refractivity (Wildman–Crippen MR) is 106 cm³/mol. The van der Waals surface area contributed by atoms with E-state index < -0.39 is 0 Å². The minimum atomic E-state index is -0.269. The number of halogens is 1. The largest absolute Gasteiger partial charge is 0.488 e. The van der Waals surface area contributed by atoms with Crippen LogP contribution in [0.1, 0.15) is 37.7 Å². The van der Waals surface area contributed by atoms with Gasteiger partial charge in [0.1, 0.15) is 17.2 Å². The summed E-state index contributed by atoms with van der Waals surface area (Å²) in [5.74, 6) is 1.18. The molecule has 0 fully saturated rings. The summed E-state index contributed by atoms with van der Waals surface area (Å²) in [7, 11) is 0. The van der Waals surface area contributed by atoms with Gasteiger partial charge in [-0.25, -0.2) is 4.39 Å². The Bertz CT molecular complexity index is 983. The van der Waals surface area contributed by atoms with Crippen molar-refractivity contribution in [3.8, 4) is 5.75 Å². The second-order valence-electron chi connectivity index (χ2n) is 7.09. The molecule has 0 aliphatic heterocycles. The lowest BCUT2D eigenvalue weighted by atomic mass is 10.1. The lowest BCUT2D eigenvalue weighted by Crippen LogP contribution is -2.22. The summed E-state index contributed by atoms with van der Waals surface area (Å²) in [5.41, 5.74) is 1.59. The fourth-order valence-corrected chi connectivity index (χ4v) is 2.64. The van der Waals surface area contributed by atoms with Crippen LogP contribution in [-0.2, 0) is 6.42 Å². The van der Waals surface area contributed by atoms with Crippen molar-refractivity contribution in [2.75, 3.05) is 0 Å². The summed E-state index contributed by atoms with van der Waals surface area (Å²) < 4.78 is 20.8. The molecule has 0 amide bonds. The molecule has 0 bridgehead atoms. The quantitative estimate of drug-likeness (QED) is 0.511. The van der Waals surface area contributed by atoms with E-state index in [-0.39, 0.29) is 11.4 Å². The molecule has 3 aromatic rings. The fraction of sp³-hybridized carbons (Fsp3) is 0.250. The molecule has 3 rings (SSSR count). The Morgan fingerprint density at radius 3 is 2.44 bits per heavy atom.